The van der Waals surface area contributed by atoms with Crippen LogP contribution in [0.1, 0.15) is 47.2 Å². The molecule has 0 saturated carbocycles. The lowest BCUT2D eigenvalue weighted by atomic mass is 9.76. The Kier molecular flexibility index (Phi) is 9.43. The van der Waals surface area contributed by atoms with Crippen molar-refractivity contribution in [1.29, 1.82) is 0 Å². The van der Waals surface area contributed by atoms with Gasteiger partial charge in [0.15, 0.2) is 0 Å². The second-order valence-corrected chi connectivity index (χ2v) is 11.1. The van der Waals surface area contributed by atoms with Gasteiger partial charge in [-0.05, 0) is 59.4 Å². The Bertz CT molecular complexity index is 1490. The largest absolute Gasteiger partial charge is 0.393 e. The molecule has 0 heterocycles. The second kappa shape index (κ2) is 12.9. The van der Waals surface area contributed by atoms with Crippen LogP contribution in [0, 0.1) is 0 Å². The number of rotatable bonds is 12. The molecule has 0 fully saturated rings. The van der Waals surface area contributed by atoms with Crippen LogP contribution in [-0.2, 0) is 24.8 Å². The zero-order valence-corrected chi connectivity index (χ0v) is 24.2. The van der Waals surface area contributed by atoms with E-state index in [1.54, 1.807) is 30.3 Å². The highest BCUT2D eigenvalue weighted by atomic mass is 19.4. The van der Waals surface area contributed by atoms with E-state index in [0.717, 1.165) is 29.4 Å². The zero-order chi connectivity index (χ0) is 31.3. The Hall–Kier alpha value is -4.39. The van der Waals surface area contributed by atoms with Crippen molar-refractivity contribution < 1.29 is 22.0 Å². The van der Waals surface area contributed by atoms with Gasteiger partial charge in [-0.3, -0.25) is 0 Å². The predicted molar refractivity (Wildman–Crippen MR) is 165 cm³/mol. The highest BCUT2D eigenvalue weighted by Crippen LogP contribution is 2.38. The summed E-state index contributed by atoms with van der Waals surface area (Å²) in [6.45, 7) is 10.9. The topological polar surface area (TPSA) is 24.1 Å². The van der Waals surface area contributed by atoms with Crippen LogP contribution >= 0.6 is 0 Å². The van der Waals surface area contributed by atoms with E-state index >= 15 is 0 Å². The van der Waals surface area contributed by atoms with Crippen LogP contribution in [-0.4, -0.2) is 12.1 Å². The van der Waals surface area contributed by atoms with Crippen LogP contribution in [0.25, 0.3) is 5.70 Å². The Balaban J connectivity index is 1.90. The maximum absolute atomic E-state index is 14.1. The highest BCUT2D eigenvalue weighted by molar-refractivity contribution is 5.66. The molecule has 0 saturated heterocycles. The van der Waals surface area contributed by atoms with Gasteiger partial charge in [0.2, 0.25) is 5.92 Å². The smallest absolute Gasteiger partial charge is 0.371 e. The molecule has 224 valence electrons. The van der Waals surface area contributed by atoms with E-state index in [-0.39, 0.29) is 5.56 Å². The van der Waals surface area contributed by atoms with Crippen molar-refractivity contribution in [2.45, 2.75) is 50.7 Å². The molecule has 7 heteroatoms. The van der Waals surface area contributed by atoms with Gasteiger partial charge in [0.1, 0.15) is 0 Å². The molecule has 0 aliphatic heterocycles. The summed E-state index contributed by atoms with van der Waals surface area (Å²) in [6, 6.07) is 30.2. The predicted octanol–water partition coefficient (Wildman–Crippen LogP) is 9.68. The summed E-state index contributed by atoms with van der Waals surface area (Å²) in [5.74, 6) is -2.94. The van der Waals surface area contributed by atoms with Crippen LogP contribution in [0.2, 0.25) is 0 Å². The third-order valence-corrected chi connectivity index (χ3v) is 7.03. The lowest BCUT2D eigenvalue weighted by Gasteiger charge is -2.39. The SMILES string of the molecule is C=C(C)Nc1ccc(C(=C)NC(Cc2ccccc2)(c2cccc(CC(C)(F)F)c2)c2cccc(CC(F)(F)F)c2)cc1. The molecule has 2 nitrogen and oxygen atoms in total. The average molecular weight is 591 g/mol. The highest BCUT2D eigenvalue weighted by Gasteiger charge is 2.37. The molecule has 0 bridgehead atoms. The normalized spacial score (nSPS) is 13.2. The van der Waals surface area contributed by atoms with Gasteiger partial charge in [-0.2, -0.15) is 13.2 Å². The summed E-state index contributed by atoms with van der Waals surface area (Å²) in [5, 5.41) is 6.72. The number of allylic oxidation sites excluding steroid dienone is 1. The van der Waals surface area contributed by atoms with Crippen molar-refractivity contribution in [1.82, 2.24) is 5.32 Å². The molecule has 0 aliphatic rings. The van der Waals surface area contributed by atoms with Gasteiger partial charge >= 0.3 is 6.18 Å². The maximum atomic E-state index is 14.1. The Morgan fingerprint density at radius 2 is 1.19 bits per heavy atom. The summed E-state index contributed by atoms with van der Waals surface area (Å²) in [4.78, 5) is 0. The van der Waals surface area contributed by atoms with Crippen molar-refractivity contribution in [2.24, 2.45) is 0 Å². The summed E-state index contributed by atoms with van der Waals surface area (Å²) in [5.41, 5.74) is 4.33. The average Bonchev–Trinajstić information content (AvgIpc) is 2.92. The van der Waals surface area contributed by atoms with Gasteiger partial charge < -0.3 is 10.6 Å². The Labute approximate surface area is 250 Å². The summed E-state index contributed by atoms with van der Waals surface area (Å²) < 4.78 is 68.7. The first-order valence-corrected chi connectivity index (χ1v) is 13.9. The van der Waals surface area contributed by atoms with Gasteiger partial charge in [0.05, 0.1) is 12.0 Å². The van der Waals surface area contributed by atoms with Gasteiger partial charge in [-0.1, -0.05) is 104 Å². The molecule has 4 aromatic rings. The number of hydrogen-bond donors (Lipinski definition) is 2. The first-order valence-electron chi connectivity index (χ1n) is 13.9. The van der Waals surface area contributed by atoms with E-state index in [2.05, 4.69) is 23.8 Å². The van der Waals surface area contributed by atoms with Crippen molar-refractivity contribution in [3.05, 3.63) is 155 Å². The molecule has 0 spiro atoms. The maximum Gasteiger partial charge on any atom is 0.393 e. The minimum Gasteiger partial charge on any atom is -0.371 e. The van der Waals surface area contributed by atoms with Crippen molar-refractivity contribution in [2.75, 3.05) is 5.32 Å². The van der Waals surface area contributed by atoms with E-state index in [4.69, 9.17) is 0 Å². The van der Waals surface area contributed by atoms with E-state index in [1.807, 2.05) is 67.6 Å². The minimum absolute atomic E-state index is 0.0984. The number of alkyl halides is 5. The van der Waals surface area contributed by atoms with Gasteiger partial charge in [0.25, 0.3) is 0 Å². The fraction of sp³-hybridized carbons (Fsp3) is 0.222. The third kappa shape index (κ3) is 8.80. The molecule has 0 radical (unpaired) electrons. The van der Waals surface area contributed by atoms with Gasteiger partial charge in [0, 0.05) is 29.9 Å². The molecule has 43 heavy (non-hydrogen) atoms. The number of anilines is 1. The molecule has 0 aliphatic carbocycles. The van der Waals surface area contributed by atoms with Crippen LogP contribution in [0.5, 0.6) is 0 Å². The molecule has 1 unspecified atom stereocenters. The fourth-order valence-electron chi connectivity index (χ4n) is 5.28. The summed E-state index contributed by atoms with van der Waals surface area (Å²) in [6.07, 6.45) is -5.66. The van der Waals surface area contributed by atoms with Gasteiger partial charge in [-0.25, -0.2) is 8.78 Å². The second-order valence-electron chi connectivity index (χ2n) is 11.1. The number of hydrogen-bond acceptors (Lipinski definition) is 2. The van der Waals surface area contributed by atoms with Crippen molar-refractivity contribution in [3.8, 4) is 0 Å². The van der Waals surface area contributed by atoms with E-state index in [9.17, 15) is 22.0 Å². The summed E-state index contributed by atoms with van der Waals surface area (Å²) in [7, 11) is 0. The molecule has 0 aromatic heterocycles. The third-order valence-electron chi connectivity index (χ3n) is 7.03. The molecular formula is C36H35F5N2. The minimum atomic E-state index is -4.40. The van der Waals surface area contributed by atoms with E-state index in [1.165, 1.54) is 12.1 Å². The molecule has 2 N–H and O–H groups in total. The van der Waals surface area contributed by atoms with Crippen molar-refractivity contribution in [3.63, 3.8) is 0 Å². The monoisotopic (exact) mass is 590 g/mol. The van der Waals surface area contributed by atoms with Crippen molar-refractivity contribution >= 4 is 11.4 Å². The van der Waals surface area contributed by atoms with Crippen LogP contribution in [0.15, 0.2) is 122 Å². The quantitative estimate of drug-likeness (QED) is 0.161. The molecule has 4 rings (SSSR count). The van der Waals surface area contributed by atoms with Gasteiger partial charge in [-0.15, -0.1) is 0 Å². The first-order chi connectivity index (χ1) is 20.2. The number of nitrogens with one attached hydrogen (secondary N) is 2. The lowest BCUT2D eigenvalue weighted by molar-refractivity contribution is -0.127. The van der Waals surface area contributed by atoms with E-state index < -0.39 is 30.5 Å². The lowest BCUT2D eigenvalue weighted by Crippen LogP contribution is -2.44. The van der Waals surface area contributed by atoms with Crippen LogP contribution in [0.4, 0.5) is 27.6 Å². The number of benzene rings is 4. The first kappa shape index (κ1) is 31.5. The Morgan fingerprint density at radius 1 is 0.651 bits per heavy atom. The van der Waals surface area contributed by atoms with E-state index in [0.29, 0.717) is 28.8 Å². The van der Waals surface area contributed by atoms with Crippen LogP contribution < -0.4 is 10.6 Å². The molecule has 4 aromatic carbocycles. The molecule has 0 amide bonds. The fourth-order valence-corrected chi connectivity index (χ4v) is 5.28. The zero-order valence-electron chi connectivity index (χ0n) is 24.2. The molecule has 1 atom stereocenters. The summed E-state index contributed by atoms with van der Waals surface area (Å²) >= 11 is 0. The molecular weight excluding hydrogens is 555 g/mol. The Morgan fingerprint density at radius 3 is 1.70 bits per heavy atom. The standard InChI is InChI=1S/C36H35F5N2/c1-25(2)42-33-18-16-30(17-19-33)26(3)43-35(23-27-10-6-5-7-11-27,31-14-8-12-28(20-31)22-34(4,37)38)32-15-9-13-29(21-32)24-36(39,40)41/h5-21,42-43H,1,3,22-24H2,2,4H3. The van der Waals surface area contributed by atoms with Crippen LogP contribution in [0.3, 0.4) is 0 Å². The number of halogens is 5.